The molecule has 0 aliphatic carbocycles. The summed E-state index contributed by atoms with van der Waals surface area (Å²) in [7, 11) is 2.06. The second-order valence-electron chi connectivity index (χ2n) is 7.35. The summed E-state index contributed by atoms with van der Waals surface area (Å²) in [5, 5.41) is 2.92. The Morgan fingerprint density at radius 1 is 0.862 bits per heavy atom. The summed E-state index contributed by atoms with van der Waals surface area (Å²) in [6.07, 6.45) is 0. The first-order valence-electron chi connectivity index (χ1n) is 10.3. The predicted octanol–water partition coefficient (Wildman–Crippen LogP) is 3.17. The Bertz CT molecular complexity index is 821. The monoisotopic (exact) mass is 394 g/mol. The zero-order valence-corrected chi connectivity index (χ0v) is 17.5. The molecule has 154 valence electrons. The van der Waals surface area contributed by atoms with Gasteiger partial charge in [-0.2, -0.15) is 0 Å². The molecule has 6 nitrogen and oxygen atoms in total. The van der Waals surface area contributed by atoms with E-state index in [1.165, 1.54) is 0 Å². The molecule has 2 aromatic carbocycles. The molecule has 1 saturated heterocycles. The maximum absolute atomic E-state index is 12.6. The molecule has 29 heavy (non-hydrogen) atoms. The van der Waals surface area contributed by atoms with Crippen LogP contribution >= 0.6 is 0 Å². The van der Waals surface area contributed by atoms with Crippen molar-refractivity contribution in [1.82, 2.24) is 9.80 Å². The fourth-order valence-electron chi connectivity index (χ4n) is 3.50. The highest BCUT2D eigenvalue weighted by Crippen LogP contribution is 2.18. The lowest BCUT2D eigenvalue weighted by Gasteiger charge is -2.32. The molecule has 2 amide bonds. The first-order valence-corrected chi connectivity index (χ1v) is 10.3. The van der Waals surface area contributed by atoms with E-state index in [-0.39, 0.29) is 11.8 Å². The number of rotatable bonds is 6. The molecular weight excluding hydrogens is 364 g/mol. The predicted molar refractivity (Wildman–Crippen MR) is 118 cm³/mol. The van der Waals surface area contributed by atoms with Crippen molar-refractivity contribution in [2.24, 2.45) is 0 Å². The number of anilines is 2. The minimum absolute atomic E-state index is 0.0250. The van der Waals surface area contributed by atoms with E-state index in [4.69, 9.17) is 0 Å². The Kier molecular flexibility index (Phi) is 6.88. The normalized spacial score (nSPS) is 14.5. The summed E-state index contributed by atoms with van der Waals surface area (Å²) < 4.78 is 0. The van der Waals surface area contributed by atoms with Crippen LogP contribution in [0.5, 0.6) is 0 Å². The van der Waals surface area contributed by atoms with Crippen molar-refractivity contribution in [2.75, 3.05) is 56.5 Å². The number of carbonyl (C=O) groups is 2. The van der Waals surface area contributed by atoms with Crippen molar-refractivity contribution in [1.29, 1.82) is 0 Å². The molecule has 1 fully saturated rings. The third kappa shape index (κ3) is 5.15. The third-order valence-electron chi connectivity index (χ3n) is 5.44. The fraction of sp³-hybridized carbons (Fsp3) is 0.391. The van der Waals surface area contributed by atoms with Crippen LogP contribution in [-0.4, -0.2) is 67.9 Å². The Hall–Kier alpha value is -2.86. The van der Waals surface area contributed by atoms with Crippen LogP contribution in [0.2, 0.25) is 0 Å². The summed E-state index contributed by atoms with van der Waals surface area (Å²) in [5.74, 6) is -0.156. The molecule has 0 unspecified atom stereocenters. The van der Waals surface area contributed by atoms with Crippen LogP contribution in [0.15, 0.2) is 48.5 Å². The van der Waals surface area contributed by atoms with Crippen LogP contribution in [-0.2, 0) is 0 Å². The van der Waals surface area contributed by atoms with Crippen molar-refractivity contribution in [3.63, 3.8) is 0 Å². The van der Waals surface area contributed by atoms with Gasteiger partial charge in [0.05, 0.1) is 0 Å². The number of benzene rings is 2. The smallest absolute Gasteiger partial charge is 0.255 e. The maximum atomic E-state index is 12.6. The zero-order valence-electron chi connectivity index (χ0n) is 17.5. The van der Waals surface area contributed by atoms with Gasteiger partial charge in [-0.05, 0) is 69.4 Å². The first kappa shape index (κ1) is 20.9. The Morgan fingerprint density at radius 3 is 1.97 bits per heavy atom. The number of nitrogens with one attached hydrogen (secondary N) is 1. The van der Waals surface area contributed by atoms with Gasteiger partial charge in [0.1, 0.15) is 0 Å². The van der Waals surface area contributed by atoms with Gasteiger partial charge in [-0.1, -0.05) is 0 Å². The molecule has 6 heteroatoms. The number of carbonyl (C=O) groups excluding carboxylic acids is 2. The number of likely N-dealkylation sites (N-methyl/N-ethyl adjacent to an activating group) is 1. The lowest BCUT2D eigenvalue weighted by Crippen LogP contribution is -2.47. The Labute approximate surface area is 173 Å². The van der Waals surface area contributed by atoms with Crippen molar-refractivity contribution < 1.29 is 9.59 Å². The average Bonchev–Trinajstić information content (AvgIpc) is 2.76. The van der Waals surface area contributed by atoms with Crippen LogP contribution in [0, 0.1) is 0 Å². The summed E-state index contributed by atoms with van der Waals surface area (Å²) in [6, 6.07) is 14.7. The van der Waals surface area contributed by atoms with E-state index < -0.39 is 0 Å². The average molecular weight is 395 g/mol. The lowest BCUT2D eigenvalue weighted by molar-refractivity contribution is 0.0664. The van der Waals surface area contributed by atoms with Crippen molar-refractivity contribution in [3.8, 4) is 0 Å². The Balaban J connectivity index is 1.61. The minimum atomic E-state index is -0.181. The van der Waals surface area contributed by atoms with Gasteiger partial charge in [-0.25, -0.2) is 0 Å². The number of hydrogen-bond donors (Lipinski definition) is 1. The van der Waals surface area contributed by atoms with E-state index in [2.05, 4.69) is 36.0 Å². The van der Waals surface area contributed by atoms with Gasteiger partial charge in [-0.15, -0.1) is 0 Å². The molecule has 0 saturated carbocycles. The topological polar surface area (TPSA) is 55.9 Å². The molecule has 0 spiro atoms. The summed E-state index contributed by atoms with van der Waals surface area (Å²) in [5.41, 5.74) is 3.05. The highest BCUT2D eigenvalue weighted by Gasteiger charge is 2.20. The summed E-state index contributed by atoms with van der Waals surface area (Å²) >= 11 is 0. The van der Waals surface area contributed by atoms with E-state index in [1.54, 1.807) is 24.3 Å². The molecule has 2 aromatic rings. The van der Waals surface area contributed by atoms with Gasteiger partial charge in [-0.3, -0.25) is 9.59 Å². The van der Waals surface area contributed by atoms with Crippen LogP contribution in [0.25, 0.3) is 0 Å². The Morgan fingerprint density at radius 2 is 1.41 bits per heavy atom. The van der Waals surface area contributed by atoms with E-state index in [0.717, 1.165) is 50.6 Å². The molecule has 1 N–H and O–H groups in total. The van der Waals surface area contributed by atoms with E-state index in [0.29, 0.717) is 11.1 Å². The SMILES string of the molecule is CCN(CC)c1ccc(NC(=O)c2ccc(C(=O)N3CCN(C)CC3)cc2)cc1. The first-order chi connectivity index (χ1) is 14.0. The molecule has 0 aromatic heterocycles. The number of nitrogens with zero attached hydrogens (tertiary/aromatic N) is 3. The molecule has 1 aliphatic rings. The molecule has 3 rings (SSSR count). The maximum Gasteiger partial charge on any atom is 0.255 e. The minimum Gasteiger partial charge on any atom is -0.372 e. The van der Waals surface area contributed by atoms with E-state index in [1.807, 2.05) is 29.2 Å². The van der Waals surface area contributed by atoms with Gasteiger partial charge in [0.2, 0.25) is 0 Å². The van der Waals surface area contributed by atoms with Crippen molar-refractivity contribution in [3.05, 3.63) is 59.7 Å². The van der Waals surface area contributed by atoms with Gasteiger partial charge < -0.3 is 20.0 Å². The second kappa shape index (κ2) is 9.56. The molecule has 1 heterocycles. The highest BCUT2D eigenvalue weighted by molar-refractivity contribution is 6.05. The fourth-order valence-corrected chi connectivity index (χ4v) is 3.50. The second-order valence-corrected chi connectivity index (χ2v) is 7.35. The van der Waals surface area contributed by atoms with Crippen LogP contribution in [0.4, 0.5) is 11.4 Å². The molecule has 0 bridgehead atoms. The highest BCUT2D eigenvalue weighted by atomic mass is 16.2. The van der Waals surface area contributed by atoms with Crippen molar-refractivity contribution >= 4 is 23.2 Å². The van der Waals surface area contributed by atoms with Crippen LogP contribution in [0.1, 0.15) is 34.6 Å². The molecule has 0 atom stereocenters. The standard InChI is InChI=1S/C23H30N4O2/c1-4-26(5-2)21-12-10-20(11-13-21)24-22(28)18-6-8-19(9-7-18)23(29)27-16-14-25(3)15-17-27/h6-13H,4-5,14-17H2,1-3H3,(H,24,28). The van der Waals surface area contributed by atoms with Crippen molar-refractivity contribution in [2.45, 2.75) is 13.8 Å². The quantitative estimate of drug-likeness (QED) is 0.818. The summed E-state index contributed by atoms with van der Waals surface area (Å²) in [6.45, 7) is 9.39. The zero-order chi connectivity index (χ0) is 20.8. The van der Waals surface area contributed by atoms with Gasteiger partial charge in [0.15, 0.2) is 0 Å². The summed E-state index contributed by atoms with van der Waals surface area (Å²) in [4.78, 5) is 31.5. The van der Waals surface area contributed by atoms with Crippen LogP contribution in [0.3, 0.4) is 0 Å². The number of hydrogen-bond acceptors (Lipinski definition) is 4. The third-order valence-corrected chi connectivity index (χ3v) is 5.44. The molecular formula is C23H30N4O2. The molecule has 0 radical (unpaired) electrons. The van der Waals surface area contributed by atoms with Crippen LogP contribution < -0.4 is 10.2 Å². The van der Waals surface area contributed by atoms with Gasteiger partial charge >= 0.3 is 0 Å². The molecule has 1 aliphatic heterocycles. The van der Waals surface area contributed by atoms with Gasteiger partial charge in [0.25, 0.3) is 11.8 Å². The largest absolute Gasteiger partial charge is 0.372 e. The number of amides is 2. The lowest BCUT2D eigenvalue weighted by atomic mass is 10.1. The van der Waals surface area contributed by atoms with Gasteiger partial charge in [0, 0.05) is 61.8 Å². The van der Waals surface area contributed by atoms with E-state index in [9.17, 15) is 9.59 Å². The van der Waals surface area contributed by atoms with E-state index >= 15 is 0 Å². The number of piperazine rings is 1.